The molecule has 0 aliphatic carbocycles. The lowest BCUT2D eigenvalue weighted by Gasteiger charge is -2.18. The van der Waals surface area contributed by atoms with Gasteiger partial charge in [0.1, 0.15) is 0 Å². The minimum Gasteiger partial charge on any atom is -0.351 e. The zero-order valence-electron chi connectivity index (χ0n) is 13.1. The van der Waals surface area contributed by atoms with Crippen LogP contribution in [-0.4, -0.2) is 40.2 Å². The molecule has 1 saturated heterocycles. The van der Waals surface area contributed by atoms with E-state index in [2.05, 4.69) is 39.6 Å². The lowest BCUT2D eigenvalue weighted by molar-refractivity contribution is -0.125. The van der Waals surface area contributed by atoms with Gasteiger partial charge in [0.25, 0.3) is 0 Å². The Labute approximate surface area is 130 Å². The summed E-state index contributed by atoms with van der Waals surface area (Å²) in [4.78, 5) is 14.3. The van der Waals surface area contributed by atoms with E-state index < -0.39 is 0 Å². The number of hydrogen-bond donors (Lipinski definition) is 1. The Bertz CT molecular complexity index is 647. The normalized spacial score (nSPS) is 18.5. The summed E-state index contributed by atoms with van der Waals surface area (Å²) in [5.41, 5.74) is 3.33. The molecule has 1 aromatic heterocycles. The first kappa shape index (κ1) is 14.8. The highest BCUT2D eigenvalue weighted by Gasteiger charge is 2.27. The van der Waals surface area contributed by atoms with Crippen LogP contribution in [0.3, 0.4) is 0 Å². The second-order valence-electron chi connectivity index (χ2n) is 5.89. The van der Waals surface area contributed by atoms with Gasteiger partial charge in [-0.3, -0.25) is 14.4 Å². The molecule has 116 valence electrons. The van der Waals surface area contributed by atoms with Gasteiger partial charge in [-0.15, -0.1) is 0 Å². The van der Waals surface area contributed by atoms with Crippen LogP contribution in [-0.2, 0) is 18.4 Å². The molecule has 0 spiro atoms. The van der Waals surface area contributed by atoms with Crippen LogP contribution in [0.1, 0.15) is 18.4 Å². The molecule has 22 heavy (non-hydrogen) atoms. The number of hydrogen-bond acceptors (Lipinski definition) is 3. The SMILES string of the molecule is CN1CCCC1C(=O)NCc1ccc(-c2ccnn2C)cc1. The fourth-order valence-corrected chi connectivity index (χ4v) is 3.00. The van der Waals surface area contributed by atoms with Gasteiger partial charge >= 0.3 is 0 Å². The van der Waals surface area contributed by atoms with Crippen molar-refractivity contribution in [3.05, 3.63) is 42.1 Å². The molecule has 2 heterocycles. The van der Waals surface area contributed by atoms with E-state index in [4.69, 9.17) is 0 Å². The Morgan fingerprint density at radius 3 is 2.64 bits per heavy atom. The number of likely N-dealkylation sites (N-methyl/N-ethyl adjacent to an activating group) is 1. The highest BCUT2D eigenvalue weighted by molar-refractivity contribution is 5.82. The average Bonchev–Trinajstić information content (AvgIpc) is 3.14. The molecule has 0 radical (unpaired) electrons. The summed E-state index contributed by atoms with van der Waals surface area (Å²) in [6.45, 7) is 1.59. The number of carbonyl (C=O) groups is 1. The second-order valence-corrected chi connectivity index (χ2v) is 5.89. The summed E-state index contributed by atoms with van der Waals surface area (Å²) in [6.07, 6.45) is 3.86. The van der Waals surface area contributed by atoms with Gasteiger partial charge in [-0.2, -0.15) is 5.10 Å². The summed E-state index contributed by atoms with van der Waals surface area (Å²) in [7, 11) is 3.95. The topological polar surface area (TPSA) is 50.2 Å². The van der Waals surface area contributed by atoms with Gasteiger partial charge in [-0.25, -0.2) is 0 Å². The van der Waals surface area contributed by atoms with Crippen molar-refractivity contribution < 1.29 is 4.79 Å². The van der Waals surface area contributed by atoms with Crippen LogP contribution in [0.4, 0.5) is 0 Å². The van der Waals surface area contributed by atoms with Gasteiger partial charge in [0.15, 0.2) is 0 Å². The van der Waals surface area contributed by atoms with Crippen LogP contribution in [0.15, 0.2) is 36.5 Å². The van der Waals surface area contributed by atoms with Crippen molar-refractivity contribution in [1.29, 1.82) is 0 Å². The van der Waals surface area contributed by atoms with Gasteiger partial charge in [-0.05, 0) is 43.6 Å². The van der Waals surface area contributed by atoms with Gasteiger partial charge < -0.3 is 5.32 Å². The summed E-state index contributed by atoms with van der Waals surface area (Å²) < 4.78 is 1.85. The summed E-state index contributed by atoms with van der Waals surface area (Å²) in [6, 6.07) is 10.3. The zero-order valence-corrected chi connectivity index (χ0v) is 13.1. The summed E-state index contributed by atoms with van der Waals surface area (Å²) in [5, 5.41) is 7.22. The molecular weight excluding hydrogens is 276 g/mol. The van der Waals surface area contributed by atoms with Crippen molar-refractivity contribution in [2.24, 2.45) is 7.05 Å². The second kappa shape index (κ2) is 6.32. The van der Waals surface area contributed by atoms with Crippen LogP contribution in [0.5, 0.6) is 0 Å². The molecule has 0 bridgehead atoms. The molecule has 3 rings (SSSR count). The third-order valence-electron chi connectivity index (χ3n) is 4.36. The molecule has 2 aromatic rings. The van der Waals surface area contributed by atoms with E-state index >= 15 is 0 Å². The number of carbonyl (C=O) groups excluding carboxylic acids is 1. The molecular formula is C17H22N4O. The minimum atomic E-state index is 0.0358. The maximum atomic E-state index is 12.2. The Morgan fingerprint density at radius 2 is 2.05 bits per heavy atom. The maximum absolute atomic E-state index is 12.2. The minimum absolute atomic E-state index is 0.0358. The highest BCUT2D eigenvalue weighted by Crippen LogP contribution is 2.19. The molecule has 1 atom stereocenters. The first-order valence-corrected chi connectivity index (χ1v) is 7.70. The van der Waals surface area contributed by atoms with Crippen LogP contribution in [0, 0.1) is 0 Å². The van der Waals surface area contributed by atoms with Crippen molar-refractivity contribution in [2.75, 3.05) is 13.6 Å². The largest absolute Gasteiger partial charge is 0.351 e. The van der Waals surface area contributed by atoms with E-state index in [0.717, 1.165) is 36.2 Å². The lowest BCUT2D eigenvalue weighted by Crippen LogP contribution is -2.41. The third kappa shape index (κ3) is 3.04. The van der Waals surface area contributed by atoms with Gasteiger partial charge in [0, 0.05) is 19.8 Å². The predicted molar refractivity (Wildman–Crippen MR) is 86.1 cm³/mol. The maximum Gasteiger partial charge on any atom is 0.237 e. The summed E-state index contributed by atoms with van der Waals surface area (Å²) in [5.74, 6) is 0.135. The van der Waals surface area contributed by atoms with E-state index in [1.807, 2.05) is 24.8 Å². The van der Waals surface area contributed by atoms with Crippen LogP contribution < -0.4 is 5.32 Å². The first-order chi connectivity index (χ1) is 10.6. The quantitative estimate of drug-likeness (QED) is 0.936. The predicted octanol–water partition coefficient (Wildman–Crippen LogP) is 1.80. The number of likely N-dealkylation sites (tertiary alicyclic amines) is 1. The standard InChI is InChI=1S/C17H22N4O/c1-20-11-3-4-16(20)17(22)18-12-13-5-7-14(8-6-13)15-9-10-19-21(15)2/h5-10,16H,3-4,11-12H2,1-2H3,(H,18,22). The fraction of sp³-hybridized carbons (Fsp3) is 0.412. The van der Waals surface area contributed by atoms with E-state index in [1.54, 1.807) is 6.20 Å². The van der Waals surface area contributed by atoms with Crippen LogP contribution in [0.2, 0.25) is 0 Å². The molecule has 1 fully saturated rings. The van der Waals surface area contributed by atoms with E-state index in [-0.39, 0.29) is 11.9 Å². The molecule has 1 aliphatic heterocycles. The van der Waals surface area contributed by atoms with Crippen LogP contribution in [0.25, 0.3) is 11.3 Å². The molecule has 5 heteroatoms. The average molecular weight is 298 g/mol. The zero-order chi connectivity index (χ0) is 15.5. The number of nitrogens with zero attached hydrogens (tertiary/aromatic N) is 3. The van der Waals surface area contributed by atoms with E-state index in [9.17, 15) is 4.79 Å². The van der Waals surface area contributed by atoms with E-state index in [0.29, 0.717) is 6.54 Å². The molecule has 1 aliphatic rings. The number of aromatic nitrogens is 2. The van der Waals surface area contributed by atoms with Crippen LogP contribution >= 0.6 is 0 Å². The monoisotopic (exact) mass is 298 g/mol. The number of aryl methyl sites for hydroxylation is 1. The Hall–Kier alpha value is -2.14. The van der Waals surface area contributed by atoms with Gasteiger partial charge in [-0.1, -0.05) is 24.3 Å². The number of nitrogens with one attached hydrogen (secondary N) is 1. The molecule has 1 unspecified atom stereocenters. The van der Waals surface area contributed by atoms with Crippen molar-refractivity contribution in [1.82, 2.24) is 20.0 Å². The number of benzene rings is 1. The lowest BCUT2D eigenvalue weighted by atomic mass is 10.1. The molecule has 0 saturated carbocycles. The van der Waals surface area contributed by atoms with Crippen molar-refractivity contribution in [2.45, 2.75) is 25.4 Å². The molecule has 1 N–H and O–H groups in total. The highest BCUT2D eigenvalue weighted by atomic mass is 16.2. The molecule has 1 amide bonds. The molecule has 1 aromatic carbocycles. The van der Waals surface area contributed by atoms with E-state index in [1.165, 1.54) is 0 Å². The van der Waals surface area contributed by atoms with Crippen molar-refractivity contribution in [3.8, 4) is 11.3 Å². The third-order valence-corrected chi connectivity index (χ3v) is 4.36. The Kier molecular flexibility index (Phi) is 4.24. The van der Waals surface area contributed by atoms with Gasteiger partial charge in [0.05, 0.1) is 11.7 Å². The molecule has 5 nitrogen and oxygen atoms in total. The number of amides is 1. The summed E-state index contributed by atoms with van der Waals surface area (Å²) >= 11 is 0. The Morgan fingerprint density at radius 1 is 1.27 bits per heavy atom. The van der Waals surface area contributed by atoms with Crippen molar-refractivity contribution in [3.63, 3.8) is 0 Å². The first-order valence-electron chi connectivity index (χ1n) is 7.70. The van der Waals surface area contributed by atoms with Gasteiger partial charge in [0.2, 0.25) is 5.91 Å². The fourth-order valence-electron chi connectivity index (χ4n) is 3.00. The van der Waals surface area contributed by atoms with Crippen molar-refractivity contribution >= 4 is 5.91 Å². The smallest absolute Gasteiger partial charge is 0.237 e. The Balaban J connectivity index is 1.60. The number of rotatable bonds is 4.